The number of nitrogens with two attached hydrogens (primary N) is 5. The highest BCUT2D eigenvalue weighted by Crippen LogP contribution is 2.57. The zero-order chi connectivity index (χ0) is 103. The maximum absolute atomic E-state index is 15.1. The van der Waals surface area contributed by atoms with Crippen molar-refractivity contribution in [3.8, 4) is 0 Å². The number of hydrogen-bond acceptors (Lipinski definition) is 58. The van der Waals surface area contributed by atoms with Crippen LogP contribution in [0.3, 0.4) is 0 Å². The number of hydrogen-bond donors (Lipinski definition) is 7. The van der Waals surface area contributed by atoms with Crippen LogP contribution in [0.25, 0.3) is 44.7 Å². The van der Waals surface area contributed by atoms with Gasteiger partial charge in [0.1, 0.15) is 174 Å². The van der Waals surface area contributed by atoms with Crippen molar-refractivity contribution in [1.29, 1.82) is 0 Å². The SMILES string of the molecule is COP([O-])(=S)O[C@@H]1C[C@H](n2cnc3c(N)ncnc32)O[C@@H]1COP([O-])(=S)O[C@@H]1C[C@H](n2cc(C)c(=O)[nH]c2=O)O[C@@H]1COP([O-])(=S)O[C@@H]1C[C@H](n2cnc3c(N)ncnc32)O[C@@H]1COP([O-])(=S)O[C@@H]1C[C@H](n2cnc3c(N)ncnc32)O[C@@H]1COP([O-])(=S)O[C@@H]1C[C@H](n2cc(C)c(=O)[nH]c2=O)O[C@@H]1COP(=O)([S-])O[C@@H]1C[C@H](n2cc(C)c(N)nc2=O)O[C@@H]1COP([O-])(=S)O[C@@H]1C[C@H](n2cnc3c(N)ncnc32)O[C@@H]1C. The van der Waals surface area contributed by atoms with Crippen molar-refractivity contribution in [3.05, 3.63) is 138 Å². The van der Waals surface area contributed by atoms with Crippen molar-refractivity contribution in [1.82, 2.24) is 107 Å². The van der Waals surface area contributed by atoms with E-state index in [2.05, 4.69) is 74.8 Å². The van der Waals surface area contributed by atoms with E-state index >= 15 is 4.89 Å². The van der Waals surface area contributed by atoms with Crippen molar-refractivity contribution in [2.75, 3.05) is 75.4 Å². The Labute approximate surface area is 850 Å². The van der Waals surface area contributed by atoms with Gasteiger partial charge in [-0.3, -0.25) is 56.1 Å². The first kappa shape index (κ1) is 108. The summed E-state index contributed by atoms with van der Waals surface area (Å²) < 4.78 is 150. The van der Waals surface area contributed by atoms with E-state index in [0.717, 1.165) is 39.7 Å². The number of nitrogens with zero attached hydrogens (tertiary/aromatic N) is 20. The summed E-state index contributed by atoms with van der Waals surface area (Å²) in [5, 5.41) is 0. The summed E-state index contributed by atoms with van der Waals surface area (Å²) in [6.07, 6.45) is -15.3. The van der Waals surface area contributed by atoms with E-state index in [-0.39, 0.29) is 112 Å². The Morgan fingerprint density at radius 2 is 0.614 bits per heavy atom. The Morgan fingerprint density at radius 1 is 0.359 bits per heavy atom. The van der Waals surface area contributed by atoms with E-state index in [9.17, 15) is 53.0 Å². The smallest absolute Gasteiger partial charge is 0.351 e. The Bertz CT molecular complexity index is 7450. The van der Waals surface area contributed by atoms with E-state index in [1.807, 2.05) is 0 Å². The van der Waals surface area contributed by atoms with Crippen molar-refractivity contribution in [2.24, 2.45) is 0 Å². The molecule has 74 heteroatoms. The number of H-pyrrole nitrogens is 2. The molecule has 60 nitrogen and oxygen atoms in total. The zero-order valence-corrected chi connectivity index (χ0v) is 87.4. The van der Waals surface area contributed by atoms with E-state index in [0.29, 0.717) is 16.7 Å². The first-order valence-corrected chi connectivity index (χ1v) is 61.2. The van der Waals surface area contributed by atoms with Gasteiger partial charge in [0, 0.05) is 87.3 Å². The van der Waals surface area contributed by atoms with E-state index in [1.54, 1.807) is 18.4 Å². The monoisotopic (exact) mass is 2280 g/mol. The molecule has 0 spiro atoms. The Balaban J connectivity index is 0.557. The van der Waals surface area contributed by atoms with Gasteiger partial charge in [0.15, 0.2) is 52.7 Å². The minimum atomic E-state index is -5.01. The highest BCUT2D eigenvalue weighted by atomic mass is 32.7. The Hall–Kier alpha value is -7.16. The fraction of sp³-hybridized carbons (Fsp3) is 0.549. The molecule has 786 valence electrons. The number of rotatable bonds is 40. The molecule has 7 fully saturated rings. The predicted molar refractivity (Wildman–Crippen MR) is 512 cm³/mol. The number of aryl methyl sites for hydroxylation is 3. The van der Waals surface area contributed by atoms with Crippen LogP contribution >= 0.6 is 47.1 Å². The number of nitrogen functional groups attached to an aromatic ring is 5. The summed E-state index contributed by atoms with van der Waals surface area (Å²) in [5.41, 5.74) is 28.2. The zero-order valence-electron chi connectivity index (χ0n) is 75.5. The molecule has 18 heterocycles. The molecule has 0 radical (unpaired) electrons. The molecule has 0 bridgehead atoms. The summed E-state index contributed by atoms with van der Waals surface area (Å²) in [4.78, 5) is 211. The largest absolute Gasteiger partial charge is 0.780 e. The van der Waals surface area contributed by atoms with Crippen LogP contribution in [0.2, 0.25) is 0 Å². The predicted octanol–water partition coefficient (Wildman–Crippen LogP) is -1.82. The van der Waals surface area contributed by atoms with Gasteiger partial charge in [-0.2, -0.15) is 4.98 Å². The third-order valence-electron chi connectivity index (χ3n) is 24.1. The van der Waals surface area contributed by atoms with Crippen molar-refractivity contribution in [2.45, 2.75) is 202 Å². The van der Waals surface area contributed by atoms with Gasteiger partial charge in [0.05, 0.1) is 114 Å². The Kier molecular flexibility index (Phi) is 32.1. The van der Waals surface area contributed by atoms with Gasteiger partial charge in [-0.05, 0) is 27.7 Å². The van der Waals surface area contributed by atoms with Crippen LogP contribution in [0.5, 0.6) is 0 Å². The number of imidazole rings is 4. The third-order valence-corrected chi connectivity index (χ3v) is 35.1. The molecule has 11 aromatic heterocycles. The molecule has 0 amide bonds. The van der Waals surface area contributed by atoms with Crippen LogP contribution < -0.4 is 86.2 Å². The number of anilines is 5. The van der Waals surface area contributed by atoms with Crippen molar-refractivity contribution in [3.63, 3.8) is 0 Å². The third kappa shape index (κ3) is 24.5. The number of fused-ring (bicyclic) bond motifs is 4. The normalized spacial score (nSPS) is 29.6. The second-order valence-corrected chi connectivity index (χ2v) is 52.6. The molecule has 18 rings (SSSR count). The topological polar surface area (TPSA) is 798 Å². The van der Waals surface area contributed by atoms with Gasteiger partial charge < -0.3 is 167 Å². The summed E-state index contributed by atoms with van der Waals surface area (Å²) in [6, 6.07) is 0. The second kappa shape index (κ2) is 43.2. The lowest BCUT2D eigenvalue weighted by Gasteiger charge is -2.36. The standard InChI is InChI=1S/C71H92N27O33P7S7/c1-30-13-92(69(101)89-58(30)72)47-7-36(42(119-47)17-112-133(105,140)125-34-6-50(118-33(34)4)95-26-85-54-59(73)77-22-81-63(54)95)127-135(107,142)114-18-43-38(9-49(120-43)94-15-32(3)68(100)91-71(94)103)129-136(108,143)116-20-45-40(12-53(123-45)98-29-88-57-62(76)80-25-84-66(57)98)131-138(110,145)117-21-46-39(11-52(124-46)97-28-87-56-61(75)79-24-83-65(56)97)130-137(109,144)115-19-44-37(8-48(121-44)93-14-31(2)67(99)90-70(93)102)128-134(106,141)113-16-41-35(126-132(104,139)111-5)10-51(122-41)96-27-86-55-60(74)78-23-82-64(55)96/h13-15,22-29,33-53H,6-12,16-21H2,1-5H3,(H,104,139)(H,105,140)(H,106,141)(H,107,142)(H,108,143)(H,109,144)(H,110,145)(H2,72,89,101)(H2,73,77,81)(H2,74,78,82)(H2,75,79,83)(H2,76,80,84)(H,90,99,102)(H,91,100,103)/p-7/t33-,34-,35-,36-,37-,38-,39-,40-,41-,42-,43-,44-,45-,46-,47-,48-,49-,50-,51-,52-,53-,132?,133?,134?,135?,136?,137?,138?/m1/s1. The quantitative estimate of drug-likeness (QED) is 0.0164. The van der Waals surface area contributed by atoms with E-state index in [4.69, 9.17) is 208 Å². The average Bonchev–Trinajstić information content (AvgIpc) is 1.63. The molecule has 7 aliphatic heterocycles. The van der Waals surface area contributed by atoms with Gasteiger partial charge in [-0.15, -0.1) is 0 Å². The minimum Gasteiger partial charge on any atom is -0.780 e. The molecule has 7 saturated heterocycles. The number of aromatic amines is 2. The fourth-order valence-corrected chi connectivity index (χ4v) is 26.7. The van der Waals surface area contributed by atoms with Gasteiger partial charge in [0.25, 0.3) is 11.1 Å². The summed E-state index contributed by atoms with van der Waals surface area (Å²) >= 11 is 38.2. The molecular weight excluding hydrogens is 2200 g/mol. The van der Waals surface area contributed by atoms with Gasteiger partial charge in [-0.1, -0.05) is 70.8 Å². The first-order chi connectivity index (χ1) is 68.6. The van der Waals surface area contributed by atoms with Crippen LogP contribution in [0.1, 0.15) is 112 Å². The molecule has 0 aliphatic carbocycles. The van der Waals surface area contributed by atoms with Crippen LogP contribution in [-0.4, -0.2) is 239 Å². The van der Waals surface area contributed by atoms with Gasteiger partial charge in [0.2, 0.25) is 0 Å². The van der Waals surface area contributed by atoms with Gasteiger partial charge in [-0.25, -0.2) is 74.2 Å². The van der Waals surface area contributed by atoms with E-state index in [1.165, 1.54) is 77.9 Å². The van der Waals surface area contributed by atoms with Gasteiger partial charge >= 0.3 is 17.1 Å². The fourth-order valence-electron chi connectivity index (χ4n) is 17.0. The van der Waals surface area contributed by atoms with Crippen LogP contribution in [0.15, 0.2) is 93.2 Å². The molecule has 0 saturated carbocycles. The molecule has 28 atom stereocenters. The molecule has 7 unspecified atom stereocenters. The van der Waals surface area contributed by atoms with E-state index < -0.39 is 250 Å². The summed E-state index contributed by atoms with van der Waals surface area (Å²) in [6.45, 7) is -32.2. The highest BCUT2D eigenvalue weighted by molar-refractivity contribution is 8.32. The second-order valence-electron chi connectivity index (χ2n) is 33.6. The first-order valence-electron chi connectivity index (χ1n) is 43.3. The number of nitrogens with one attached hydrogen (secondary N) is 2. The minimum absolute atomic E-state index is 0.0319. The highest BCUT2D eigenvalue weighted by Gasteiger charge is 2.49. The molecule has 11 aromatic rings. The van der Waals surface area contributed by atoms with Crippen LogP contribution in [0.4, 0.5) is 29.1 Å². The van der Waals surface area contributed by atoms with Crippen molar-refractivity contribution >= 4 is 204 Å². The maximum Gasteiger partial charge on any atom is 0.351 e. The molecule has 12 N–H and O–H groups in total. The average molecular weight is 2290 g/mol. The lowest BCUT2D eigenvalue weighted by Crippen LogP contribution is -2.34. The molecule has 0 aromatic carbocycles. The van der Waals surface area contributed by atoms with Crippen LogP contribution in [-0.2, 0) is 184 Å². The molecule has 7 aliphatic rings. The van der Waals surface area contributed by atoms with Crippen LogP contribution in [0, 0.1) is 20.8 Å². The lowest BCUT2D eigenvalue weighted by atomic mass is 10.2. The summed E-state index contributed by atoms with van der Waals surface area (Å²) in [5.74, 6) is 0.0133. The number of ether oxygens (including phenoxy) is 7. The maximum atomic E-state index is 15.1. The Morgan fingerprint density at radius 3 is 0.924 bits per heavy atom. The number of aromatic nitrogens is 22. The van der Waals surface area contributed by atoms with Crippen molar-refractivity contribution < 1.29 is 130 Å². The lowest BCUT2D eigenvalue weighted by molar-refractivity contribution is -0.221. The molecular formula is C71H85N27O33P7S7-7. The molecule has 145 heavy (non-hydrogen) atoms. The summed E-state index contributed by atoms with van der Waals surface area (Å²) in [7, 11) is 1.07.